The molecule has 0 spiro atoms. The van der Waals surface area contributed by atoms with Gasteiger partial charge in [-0.2, -0.15) is 0 Å². The van der Waals surface area contributed by atoms with Crippen LogP contribution in [0.1, 0.15) is 25.8 Å². The van der Waals surface area contributed by atoms with Gasteiger partial charge in [0, 0.05) is 25.2 Å². The number of nitrogens with one attached hydrogen (secondary N) is 1. The molecule has 2 atom stereocenters. The molecule has 2 unspecified atom stereocenters. The average molecular weight is 232 g/mol. The van der Waals surface area contributed by atoms with E-state index in [0.717, 1.165) is 6.54 Å². The first-order valence-electron chi connectivity index (χ1n) is 6.77. The van der Waals surface area contributed by atoms with E-state index in [9.17, 15) is 0 Å². The molecule has 1 N–H and O–H groups in total. The third kappa shape index (κ3) is 3.83. The highest BCUT2D eigenvalue weighted by molar-refractivity contribution is 5.14. The Kier molecular flexibility index (Phi) is 4.57. The summed E-state index contributed by atoms with van der Waals surface area (Å²) in [6.45, 7) is 8.14. The summed E-state index contributed by atoms with van der Waals surface area (Å²) < 4.78 is 0. The first-order valence-corrected chi connectivity index (χ1v) is 6.77. The van der Waals surface area contributed by atoms with Crippen molar-refractivity contribution in [1.29, 1.82) is 0 Å². The second kappa shape index (κ2) is 6.18. The van der Waals surface area contributed by atoms with E-state index in [0.29, 0.717) is 12.1 Å². The lowest BCUT2D eigenvalue weighted by Crippen LogP contribution is -2.39. The van der Waals surface area contributed by atoms with Crippen LogP contribution in [0.5, 0.6) is 0 Å². The molecule has 1 aliphatic heterocycles. The molecule has 0 amide bonds. The Morgan fingerprint density at radius 3 is 2.76 bits per heavy atom. The van der Waals surface area contributed by atoms with E-state index in [2.05, 4.69) is 54.4 Å². The van der Waals surface area contributed by atoms with Gasteiger partial charge in [-0.25, -0.2) is 0 Å². The highest BCUT2D eigenvalue weighted by Gasteiger charge is 2.18. The van der Waals surface area contributed by atoms with E-state index in [4.69, 9.17) is 0 Å². The van der Waals surface area contributed by atoms with Crippen molar-refractivity contribution < 1.29 is 0 Å². The van der Waals surface area contributed by atoms with Crippen LogP contribution >= 0.6 is 0 Å². The van der Waals surface area contributed by atoms with Gasteiger partial charge in [0.25, 0.3) is 0 Å². The Hall–Kier alpha value is -0.860. The summed E-state index contributed by atoms with van der Waals surface area (Å²) in [7, 11) is 0. The molecule has 1 heterocycles. The minimum Gasteiger partial charge on any atom is -0.313 e. The quantitative estimate of drug-likeness (QED) is 0.860. The molecule has 1 aliphatic rings. The van der Waals surface area contributed by atoms with Crippen molar-refractivity contribution >= 4 is 0 Å². The summed E-state index contributed by atoms with van der Waals surface area (Å²) >= 11 is 0. The van der Waals surface area contributed by atoms with Gasteiger partial charge in [0.1, 0.15) is 0 Å². The molecule has 2 heteroatoms. The Morgan fingerprint density at radius 2 is 2.00 bits per heavy atom. The molecule has 2 nitrogen and oxygen atoms in total. The van der Waals surface area contributed by atoms with E-state index >= 15 is 0 Å². The van der Waals surface area contributed by atoms with Crippen molar-refractivity contribution in [3.05, 3.63) is 35.9 Å². The minimum absolute atomic E-state index is 0.656. The summed E-state index contributed by atoms with van der Waals surface area (Å²) in [5, 5.41) is 3.58. The molecule has 0 bridgehead atoms. The van der Waals surface area contributed by atoms with Crippen molar-refractivity contribution in [2.24, 2.45) is 0 Å². The van der Waals surface area contributed by atoms with Crippen molar-refractivity contribution in [2.75, 3.05) is 19.6 Å². The van der Waals surface area contributed by atoms with Gasteiger partial charge in [0.15, 0.2) is 0 Å². The van der Waals surface area contributed by atoms with Crippen LogP contribution in [-0.4, -0.2) is 36.6 Å². The molecular weight excluding hydrogens is 208 g/mol. The summed E-state index contributed by atoms with van der Waals surface area (Å²) in [6, 6.07) is 12.1. The molecule has 2 rings (SSSR count). The SMILES string of the molecule is CC1CCN(CCc2ccccc2)C(C)CN1. The molecular formula is C15H24N2. The van der Waals surface area contributed by atoms with Gasteiger partial charge in [-0.1, -0.05) is 30.3 Å². The summed E-state index contributed by atoms with van der Waals surface area (Å²) in [5.74, 6) is 0. The average Bonchev–Trinajstić information content (AvgIpc) is 2.52. The Bertz CT molecular complexity index is 323. The third-order valence-corrected chi connectivity index (χ3v) is 3.76. The standard InChI is InChI=1S/C15H24N2/c1-13-8-10-17(14(2)12-16-13)11-9-15-6-4-3-5-7-15/h3-7,13-14,16H,8-12H2,1-2H3. The van der Waals surface area contributed by atoms with Crippen LogP contribution < -0.4 is 5.32 Å². The smallest absolute Gasteiger partial charge is 0.0192 e. The number of hydrogen-bond acceptors (Lipinski definition) is 2. The fourth-order valence-electron chi connectivity index (χ4n) is 2.43. The van der Waals surface area contributed by atoms with Gasteiger partial charge in [0.2, 0.25) is 0 Å². The van der Waals surface area contributed by atoms with E-state index in [1.807, 2.05) is 0 Å². The number of benzene rings is 1. The highest BCUT2D eigenvalue weighted by atomic mass is 15.2. The maximum atomic E-state index is 3.58. The number of rotatable bonds is 3. The lowest BCUT2D eigenvalue weighted by Gasteiger charge is -2.26. The topological polar surface area (TPSA) is 15.3 Å². The fraction of sp³-hybridized carbons (Fsp3) is 0.600. The third-order valence-electron chi connectivity index (χ3n) is 3.76. The van der Waals surface area contributed by atoms with Gasteiger partial charge in [0.05, 0.1) is 0 Å². The largest absolute Gasteiger partial charge is 0.313 e. The first-order chi connectivity index (χ1) is 8.25. The normalized spacial score (nSPS) is 26.7. The predicted octanol–water partition coefficient (Wildman–Crippen LogP) is 2.30. The Labute approximate surface area is 105 Å². The maximum absolute atomic E-state index is 3.58. The zero-order chi connectivity index (χ0) is 12.1. The second-order valence-electron chi connectivity index (χ2n) is 5.22. The zero-order valence-electron chi connectivity index (χ0n) is 11.0. The van der Waals surface area contributed by atoms with Gasteiger partial charge in [-0.15, -0.1) is 0 Å². The van der Waals surface area contributed by atoms with Gasteiger partial charge < -0.3 is 5.32 Å². The molecule has 0 aliphatic carbocycles. The zero-order valence-corrected chi connectivity index (χ0v) is 11.0. The molecule has 0 aromatic heterocycles. The molecule has 0 radical (unpaired) electrons. The van der Waals surface area contributed by atoms with E-state index in [1.165, 1.54) is 31.5 Å². The minimum atomic E-state index is 0.656. The van der Waals surface area contributed by atoms with Crippen LogP contribution in [0.4, 0.5) is 0 Å². The van der Waals surface area contributed by atoms with Crippen molar-refractivity contribution in [3.8, 4) is 0 Å². The highest BCUT2D eigenvalue weighted by Crippen LogP contribution is 2.09. The van der Waals surface area contributed by atoms with Crippen molar-refractivity contribution in [2.45, 2.75) is 38.8 Å². The number of nitrogens with zero attached hydrogens (tertiary/aromatic N) is 1. The van der Waals surface area contributed by atoms with Crippen molar-refractivity contribution in [3.63, 3.8) is 0 Å². The molecule has 17 heavy (non-hydrogen) atoms. The van der Waals surface area contributed by atoms with Gasteiger partial charge in [-0.3, -0.25) is 4.90 Å². The molecule has 0 saturated carbocycles. The monoisotopic (exact) mass is 232 g/mol. The van der Waals surface area contributed by atoms with Crippen LogP contribution in [0.15, 0.2) is 30.3 Å². The van der Waals surface area contributed by atoms with E-state index < -0.39 is 0 Å². The van der Waals surface area contributed by atoms with E-state index in [-0.39, 0.29) is 0 Å². The summed E-state index contributed by atoms with van der Waals surface area (Å²) in [6.07, 6.45) is 2.43. The Balaban J connectivity index is 1.85. The number of hydrogen-bond donors (Lipinski definition) is 1. The van der Waals surface area contributed by atoms with Crippen LogP contribution in [0.2, 0.25) is 0 Å². The molecule has 1 fully saturated rings. The second-order valence-corrected chi connectivity index (χ2v) is 5.22. The van der Waals surface area contributed by atoms with Crippen LogP contribution in [-0.2, 0) is 6.42 Å². The predicted molar refractivity (Wildman–Crippen MR) is 73.3 cm³/mol. The molecule has 1 aromatic carbocycles. The van der Waals surface area contributed by atoms with Gasteiger partial charge in [-0.05, 0) is 38.8 Å². The van der Waals surface area contributed by atoms with Crippen LogP contribution in [0.25, 0.3) is 0 Å². The van der Waals surface area contributed by atoms with Crippen molar-refractivity contribution in [1.82, 2.24) is 10.2 Å². The molecule has 1 aromatic rings. The van der Waals surface area contributed by atoms with E-state index in [1.54, 1.807) is 0 Å². The summed E-state index contributed by atoms with van der Waals surface area (Å²) in [5.41, 5.74) is 1.45. The maximum Gasteiger partial charge on any atom is 0.0192 e. The summed E-state index contributed by atoms with van der Waals surface area (Å²) in [4.78, 5) is 2.61. The fourth-order valence-corrected chi connectivity index (χ4v) is 2.43. The molecule has 94 valence electrons. The van der Waals surface area contributed by atoms with Gasteiger partial charge >= 0.3 is 0 Å². The lowest BCUT2D eigenvalue weighted by atomic mass is 10.1. The Morgan fingerprint density at radius 1 is 1.24 bits per heavy atom. The van der Waals surface area contributed by atoms with Crippen LogP contribution in [0, 0.1) is 0 Å². The van der Waals surface area contributed by atoms with Crippen LogP contribution in [0.3, 0.4) is 0 Å². The molecule has 1 saturated heterocycles. The first kappa shape index (κ1) is 12.6. The lowest BCUT2D eigenvalue weighted by molar-refractivity contribution is 0.225.